The number of nitrogens with one attached hydrogen (secondary N) is 1. The molecule has 7 heteroatoms. The lowest BCUT2D eigenvalue weighted by Crippen LogP contribution is -2.12. The Hall–Kier alpha value is -1.69. The highest BCUT2D eigenvalue weighted by Gasteiger charge is 2.30. The third-order valence-corrected chi connectivity index (χ3v) is 2.40. The Balaban J connectivity index is 2.81. The molecule has 0 amide bonds. The Morgan fingerprint density at radius 1 is 1.44 bits per heavy atom. The second kappa shape index (κ2) is 5.30. The first kappa shape index (κ1) is 14.4. The largest absolute Gasteiger partial charge is 0.478 e. The number of hydrogen-bond donors (Lipinski definition) is 2. The lowest BCUT2D eigenvalue weighted by Gasteiger charge is -2.11. The van der Waals surface area contributed by atoms with E-state index in [0.29, 0.717) is 0 Å². The van der Waals surface area contributed by atoms with E-state index in [4.69, 9.17) is 16.7 Å². The molecule has 0 radical (unpaired) electrons. The maximum atomic E-state index is 12.3. The highest BCUT2D eigenvalue weighted by molar-refractivity contribution is 6.33. The zero-order valence-electron chi connectivity index (χ0n) is 9.01. The molecule has 1 rings (SSSR count). The van der Waals surface area contributed by atoms with Crippen molar-refractivity contribution < 1.29 is 23.1 Å². The van der Waals surface area contributed by atoms with Gasteiger partial charge in [0.15, 0.2) is 0 Å². The van der Waals surface area contributed by atoms with Crippen LogP contribution < -0.4 is 5.32 Å². The lowest BCUT2D eigenvalue weighted by molar-refractivity contribution is -0.137. The summed E-state index contributed by atoms with van der Waals surface area (Å²) >= 11 is 5.66. The molecule has 3 nitrogen and oxygen atoms in total. The van der Waals surface area contributed by atoms with Gasteiger partial charge in [-0.05, 0) is 18.2 Å². The first-order chi connectivity index (χ1) is 8.21. The van der Waals surface area contributed by atoms with Crippen LogP contribution in [0.1, 0.15) is 5.56 Å². The van der Waals surface area contributed by atoms with Gasteiger partial charge in [-0.3, -0.25) is 0 Å². The first-order valence-corrected chi connectivity index (χ1v) is 5.11. The summed E-state index contributed by atoms with van der Waals surface area (Å²) in [5.41, 5.74) is -0.770. The van der Waals surface area contributed by atoms with Crippen LogP contribution in [0.15, 0.2) is 30.4 Å². The van der Waals surface area contributed by atoms with Gasteiger partial charge in [-0.25, -0.2) is 4.79 Å². The number of rotatable bonds is 4. The first-order valence-electron chi connectivity index (χ1n) is 4.73. The molecule has 0 bridgehead atoms. The molecule has 0 unspecified atom stereocenters. The van der Waals surface area contributed by atoms with Crippen LogP contribution in [-0.4, -0.2) is 17.6 Å². The number of carboxylic acid groups (broad SMARTS) is 1. The van der Waals surface area contributed by atoms with Crippen LogP contribution >= 0.6 is 11.6 Å². The fourth-order valence-corrected chi connectivity index (χ4v) is 1.36. The number of alkyl halides is 3. The van der Waals surface area contributed by atoms with Crippen molar-refractivity contribution in [1.82, 2.24) is 0 Å². The molecule has 0 aromatic heterocycles. The quantitative estimate of drug-likeness (QED) is 0.831. The topological polar surface area (TPSA) is 49.3 Å². The Morgan fingerprint density at radius 2 is 2.06 bits per heavy atom. The highest BCUT2D eigenvalue weighted by Crippen LogP contribution is 2.33. The zero-order chi connectivity index (χ0) is 13.9. The van der Waals surface area contributed by atoms with Gasteiger partial charge >= 0.3 is 12.1 Å². The van der Waals surface area contributed by atoms with E-state index in [0.717, 1.165) is 18.2 Å². The molecular weight excluding hydrogens is 271 g/mol. The van der Waals surface area contributed by atoms with Crippen molar-refractivity contribution in [3.8, 4) is 0 Å². The molecule has 0 heterocycles. The smallest absolute Gasteiger partial charge is 0.416 e. The fraction of sp³-hybridized carbons (Fsp3) is 0.182. The molecule has 0 atom stereocenters. The van der Waals surface area contributed by atoms with Gasteiger partial charge in [-0.15, -0.1) is 0 Å². The molecule has 0 spiro atoms. The summed E-state index contributed by atoms with van der Waals surface area (Å²) in [6, 6.07) is 2.77. The van der Waals surface area contributed by atoms with Gasteiger partial charge in [0.1, 0.15) is 0 Å². The number of anilines is 1. The van der Waals surface area contributed by atoms with E-state index in [2.05, 4.69) is 11.9 Å². The van der Waals surface area contributed by atoms with Crippen molar-refractivity contribution in [2.24, 2.45) is 0 Å². The van der Waals surface area contributed by atoms with E-state index in [1.165, 1.54) is 0 Å². The van der Waals surface area contributed by atoms with Crippen LogP contribution in [0, 0.1) is 0 Å². The second-order valence-corrected chi connectivity index (χ2v) is 3.86. The summed E-state index contributed by atoms with van der Waals surface area (Å²) in [6.07, 6.45) is -4.47. The predicted octanol–water partition coefficient (Wildman–Crippen LogP) is 3.41. The van der Waals surface area contributed by atoms with Gasteiger partial charge in [0.25, 0.3) is 0 Å². The van der Waals surface area contributed by atoms with Crippen molar-refractivity contribution >= 4 is 23.3 Å². The Kier molecular flexibility index (Phi) is 4.24. The Morgan fingerprint density at radius 3 is 2.50 bits per heavy atom. The normalized spacial score (nSPS) is 11.1. The van der Waals surface area contributed by atoms with Crippen molar-refractivity contribution in [3.63, 3.8) is 0 Å². The van der Waals surface area contributed by atoms with E-state index in [1.807, 2.05) is 0 Å². The molecule has 98 valence electrons. The van der Waals surface area contributed by atoms with E-state index in [1.54, 1.807) is 0 Å². The molecule has 0 aliphatic rings. The number of benzene rings is 1. The van der Waals surface area contributed by atoms with E-state index in [9.17, 15) is 18.0 Å². The van der Waals surface area contributed by atoms with Crippen LogP contribution in [0.5, 0.6) is 0 Å². The highest BCUT2D eigenvalue weighted by atomic mass is 35.5. The van der Waals surface area contributed by atoms with Crippen molar-refractivity contribution in [3.05, 3.63) is 40.9 Å². The summed E-state index contributed by atoms with van der Waals surface area (Å²) in [5, 5.41) is 11.0. The zero-order valence-corrected chi connectivity index (χ0v) is 9.77. The number of halogens is 4. The monoisotopic (exact) mass is 279 g/mol. The summed E-state index contributed by atoms with van der Waals surface area (Å²) in [7, 11) is 0. The summed E-state index contributed by atoms with van der Waals surface area (Å²) in [6.45, 7) is 3.16. The molecule has 2 N–H and O–H groups in total. The number of carboxylic acids is 1. The van der Waals surface area contributed by atoms with E-state index < -0.39 is 17.7 Å². The number of hydrogen-bond acceptors (Lipinski definition) is 2. The van der Waals surface area contributed by atoms with E-state index in [-0.39, 0.29) is 22.8 Å². The lowest BCUT2D eigenvalue weighted by atomic mass is 10.2. The molecule has 1 aromatic rings. The molecule has 0 fully saturated rings. The third-order valence-electron chi connectivity index (χ3n) is 2.09. The molecule has 0 aliphatic carbocycles. The van der Waals surface area contributed by atoms with Gasteiger partial charge in [-0.2, -0.15) is 13.2 Å². The molecular formula is C11H9ClF3NO2. The standard InChI is InChI=1S/C11H9ClF3NO2/c1-6(10(17)18)5-16-9-3-2-7(4-8(9)12)11(13,14)15/h2-4,16H,1,5H2,(H,17,18). The average molecular weight is 280 g/mol. The van der Waals surface area contributed by atoms with Gasteiger partial charge in [-0.1, -0.05) is 18.2 Å². The maximum Gasteiger partial charge on any atom is 0.416 e. The van der Waals surface area contributed by atoms with Crippen molar-refractivity contribution in [2.75, 3.05) is 11.9 Å². The molecule has 0 aliphatic heterocycles. The van der Waals surface area contributed by atoms with Crippen LogP contribution in [0.2, 0.25) is 5.02 Å². The predicted molar refractivity (Wildman–Crippen MR) is 61.7 cm³/mol. The number of aliphatic carboxylic acids is 1. The minimum absolute atomic E-state index is 0.111. The Labute approximate surface area is 106 Å². The SMILES string of the molecule is C=C(CNc1ccc(C(F)(F)F)cc1Cl)C(=O)O. The molecule has 18 heavy (non-hydrogen) atoms. The van der Waals surface area contributed by atoms with E-state index >= 15 is 0 Å². The summed E-state index contributed by atoms with van der Waals surface area (Å²) in [4.78, 5) is 10.5. The maximum absolute atomic E-state index is 12.3. The van der Waals surface area contributed by atoms with Crippen molar-refractivity contribution in [1.29, 1.82) is 0 Å². The van der Waals surface area contributed by atoms with Crippen LogP contribution in [0.4, 0.5) is 18.9 Å². The van der Waals surface area contributed by atoms with Gasteiger partial charge in [0.2, 0.25) is 0 Å². The van der Waals surface area contributed by atoms with Crippen LogP contribution in [0.3, 0.4) is 0 Å². The molecule has 1 aromatic carbocycles. The fourth-order valence-electron chi connectivity index (χ4n) is 1.11. The third kappa shape index (κ3) is 3.66. The summed E-state index contributed by atoms with van der Waals surface area (Å²) < 4.78 is 37.0. The summed E-state index contributed by atoms with van der Waals surface area (Å²) in [5.74, 6) is -1.19. The minimum Gasteiger partial charge on any atom is -0.478 e. The van der Waals surface area contributed by atoms with Gasteiger partial charge in [0.05, 0.1) is 16.3 Å². The molecule has 0 saturated carbocycles. The van der Waals surface area contributed by atoms with Gasteiger partial charge in [0, 0.05) is 12.1 Å². The molecule has 0 saturated heterocycles. The van der Waals surface area contributed by atoms with Crippen LogP contribution in [-0.2, 0) is 11.0 Å². The Bertz CT molecular complexity index is 486. The van der Waals surface area contributed by atoms with Gasteiger partial charge < -0.3 is 10.4 Å². The number of carbonyl (C=O) groups is 1. The van der Waals surface area contributed by atoms with Crippen molar-refractivity contribution in [2.45, 2.75) is 6.18 Å². The van der Waals surface area contributed by atoms with Crippen LogP contribution in [0.25, 0.3) is 0 Å². The average Bonchev–Trinajstić information content (AvgIpc) is 2.25. The minimum atomic E-state index is -4.47. The second-order valence-electron chi connectivity index (χ2n) is 3.45.